The standard InChI is InChI=1S/C24H17Cl2FN2O2S/c1-13-3-10-20(14(2)11-13)28-21-22(32-17-7-4-15(25)5-8-17)24(31)29(23(21)30)16-6-9-19(27)18(26)12-16/h3-12,28H,1-2H3. The highest BCUT2D eigenvalue weighted by atomic mass is 35.5. The summed E-state index contributed by atoms with van der Waals surface area (Å²) in [5.74, 6) is -1.70. The molecular formula is C24H17Cl2FN2O2S. The van der Waals surface area contributed by atoms with Gasteiger partial charge in [0.05, 0.1) is 10.7 Å². The van der Waals surface area contributed by atoms with Crippen LogP contribution in [0.25, 0.3) is 0 Å². The van der Waals surface area contributed by atoms with Crippen molar-refractivity contribution in [3.63, 3.8) is 0 Å². The van der Waals surface area contributed by atoms with Crippen LogP contribution in [0.15, 0.2) is 76.2 Å². The Kier molecular flexibility index (Phi) is 6.29. The quantitative estimate of drug-likeness (QED) is 0.405. The fraction of sp³-hybridized carbons (Fsp3) is 0.0833. The third kappa shape index (κ3) is 4.39. The summed E-state index contributed by atoms with van der Waals surface area (Å²) in [5.41, 5.74) is 3.05. The van der Waals surface area contributed by atoms with E-state index in [2.05, 4.69) is 5.32 Å². The molecule has 1 heterocycles. The van der Waals surface area contributed by atoms with Crippen molar-refractivity contribution in [1.82, 2.24) is 0 Å². The first kappa shape index (κ1) is 22.4. The molecule has 0 aromatic heterocycles. The molecule has 1 N–H and O–H groups in total. The molecule has 0 aliphatic carbocycles. The van der Waals surface area contributed by atoms with E-state index in [1.165, 1.54) is 12.1 Å². The van der Waals surface area contributed by atoms with E-state index < -0.39 is 17.6 Å². The van der Waals surface area contributed by atoms with Crippen LogP contribution in [0.3, 0.4) is 0 Å². The molecule has 1 aliphatic heterocycles. The van der Waals surface area contributed by atoms with Crippen LogP contribution in [0.5, 0.6) is 0 Å². The maximum absolute atomic E-state index is 13.7. The van der Waals surface area contributed by atoms with E-state index in [1.54, 1.807) is 24.3 Å². The summed E-state index contributed by atoms with van der Waals surface area (Å²) in [6.45, 7) is 3.89. The van der Waals surface area contributed by atoms with E-state index in [4.69, 9.17) is 23.2 Å². The van der Waals surface area contributed by atoms with Crippen LogP contribution in [-0.2, 0) is 9.59 Å². The Morgan fingerprint density at radius 3 is 2.28 bits per heavy atom. The Morgan fingerprint density at radius 2 is 1.62 bits per heavy atom. The largest absolute Gasteiger partial charge is 0.350 e. The van der Waals surface area contributed by atoms with Gasteiger partial charge in [-0.05, 0) is 67.9 Å². The van der Waals surface area contributed by atoms with Crippen LogP contribution < -0.4 is 10.2 Å². The zero-order valence-electron chi connectivity index (χ0n) is 17.1. The molecule has 8 heteroatoms. The molecule has 3 aromatic carbocycles. The van der Waals surface area contributed by atoms with Gasteiger partial charge >= 0.3 is 0 Å². The number of amides is 2. The zero-order chi connectivity index (χ0) is 23.0. The molecule has 162 valence electrons. The molecular weight excluding hydrogens is 470 g/mol. The van der Waals surface area contributed by atoms with Crippen molar-refractivity contribution in [2.24, 2.45) is 0 Å². The van der Waals surface area contributed by atoms with Crippen LogP contribution in [0, 0.1) is 19.7 Å². The molecule has 4 rings (SSSR count). The number of hydrogen-bond acceptors (Lipinski definition) is 4. The summed E-state index contributed by atoms with van der Waals surface area (Å²) in [6.07, 6.45) is 0. The van der Waals surface area contributed by atoms with Gasteiger partial charge in [-0.25, -0.2) is 9.29 Å². The van der Waals surface area contributed by atoms with Gasteiger partial charge < -0.3 is 5.32 Å². The lowest BCUT2D eigenvalue weighted by Crippen LogP contribution is -2.32. The molecule has 32 heavy (non-hydrogen) atoms. The van der Waals surface area contributed by atoms with E-state index in [-0.39, 0.29) is 21.3 Å². The van der Waals surface area contributed by atoms with Crippen LogP contribution in [0.2, 0.25) is 10.0 Å². The maximum atomic E-state index is 13.7. The average Bonchev–Trinajstić information content (AvgIpc) is 2.97. The molecule has 0 atom stereocenters. The SMILES string of the molecule is Cc1ccc(NC2=C(Sc3ccc(Cl)cc3)C(=O)N(c3ccc(F)c(Cl)c3)C2=O)c(C)c1. The summed E-state index contributed by atoms with van der Waals surface area (Å²) in [5, 5.41) is 3.53. The second kappa shape index (κ2) is 8.98. The van der Waals surface area contributed by atoms with Gasteiger partial charge in [0.15, 0.2) is 0 Å². The molecule has 2 amide bonds. The summed E-state index contributed by atoms with van der Waals surface area (Å²) in [7, 11) is 0. The van der Waals surface area contributed by atoms with Gasteiger partial charge in [-0.1, -0.05) is 52.7 Å². The second-order valence-corrected chi connectivity index (χ2v) is 9.18. The summed E-state index contributed by atoms with van der Waals surface area (Å²) in [4.78, 5) is 28.7. The Morgan fingerprint density at radius 1 is 0.906 bits per heavy atom. The number of hydrogen-bond donors (Lipinski definition) is 1. The fourth-order valence-electron chi connectivity index (χ4n) is 3.28. The fourth-order valence-corrected chi connectivity index (χ4v) is 4.51. The number of benzene rings is 3. The first-order valence-corrected chi connectivity index (χ1v) is 11.2. The molecule has 0 bridgehead atoms. The zero-order valence-corrected chi connectivity index (χ0v) is 19.4. The van der Waals surface area contributed by atoms with Gasteiger partial charge in [0.2, 0.25) is 0 Å². The van der Waals surface area contributed by atoms with E-state index in [0.29, 0.717) is 10.7 Å². The van der Waals surface area contributed by atoms with Crippen LogP contribution in [-0.4, -0.2) is 11.8 Å². The van der Waals surface area contributed by atoms with Crippen molar-refractivity contribution in [3.05, 3.63) is 98.3 Å². The molecule has 0 saturated heterocycles. The average molecular weight is 487 g/mol. The first-order valence-electron chi connectivity index (χ1n) is 9.60. The Hall–Kier alpha value is -2.80. The van der Waals surface area contributed by atoms with Crippen molar-refractivity contribution in [1.29, 1.82) is 0 Å². The maximum Gasteiger partial charge on any atom is 0.283 e. The van der Waals surface area contributed by atoms with Crippen LogP contribution >= 0.6 is 35.0 Å². The van der Waals surface area contributed by atoms with E-state index in [0.717, 1.165) is 38.8 Å². The Bertz CT molecular complexity index is 1280. The lowest BCUT2D eigenvalue weighted by atomic mass is 10.1. The minimum atomic E-state index is -0.633. The molecule has 4 nitrogen and oxygen atoms in total. The summed E-state index contributed by atoms with van der Waals surface area (Å²) < 4.78 is 13.7. The van der Waals surface area contributed by atoms with E-state index in [9.17, 15) is 14.0 Å². The van der Waals surface area contributed by atoms with Crippen molar-refractivity contribution in [2.45, 2.75) is 18.7 Å². The van der Waals surface area contributed by atoms with Gasteiger partial charge in [0, 0.05) is 15.6 Å². The number of imide groups is 1. The highest BCUT2D eigenvalue weighted by molar-refractivity contribution is 8.04. The van der Waals surface area contributed by atoms with Crippen molar-refractivity contribution >= 4 is 58.2 Å². The molecule has 0 fully saturated rings. The number of rotatable bonds is 5. The topological polar surface area (TPSA) is 49.4 Å². The number of aryl methyl sites for hydroxylation is 2. The highest BCUT2D eigenvalue weighted by Crippen LogP contribution is 2.39. The van der Waals surface area contributed by atoms with Crippen molar-refractivity contribution in [2.75, 3.05) is 10.2 Å². The molecule has 1 aliphatic rings. The number of carbonyl (C=O) groups excluding carboxylic acids is 2. The number of anilines is 2. The molecule has 3 aromatic rings. The minimum absolute atomic E-state index is 0.141. The monoisotopic (exact) mass is 486 g/mol. The lowest BCUT2D eigenvalue weighted by Gasteiger charge is -2.16. The van der Waals surface area contributed by atoms with Gasteiger partial charge in [0.25, 0.3) is 11.8 Å². The predicted molar refractivity (Wildman–Crippen MR) is 128 cm³/mol. The normalized spacial score (nSPS) is 13.8. The third-order valence-electron chi connectivity index (χ3n) is 4.88. The van der Waals surface area contributed by atoms with Crippen LogP contribution in [0.1, 0.15) is 11.1 Å². The summed E-state index contributed by atoms with van der Waals surface area (Å²) >= 11 is 13.0. The molecule has 0 unspecified atom stereocenters. The van der Waals surface area contributed by atoms with Gasteiger partial charge in [0.1, 0.15) is 16.4 Å². The highest BCUT2D eigenvalue weighted by Gasteiger charge is 2.40. The number of halogens is 3. The number of nitrogens with one attached hydrogen (secondary N) is 1. The lowest BCUT2D eigenvalue weighted by molar-refractivity contribution is -0.120. The molecule has 0 spiro atoms. The summed E-state index contributed by atoms with van der Waals surface area (Å²) in [6, 6.07) is 16.4. The minimum Gasteiger partial charge on any atom is -0.350 e. The Labute approximate surface area is 199 Å². The van der Waals surface area contributed by atoms with Crippen molar-refractivity contribution in [3.8, 4) is 0 Å². The van der Waals surface area contributed by atoms with Gasteiger partial charge in [-0.2, -0.15) is 0 Å². The van der Waals surface area contributed by atoms with Gasteiger partial charge in [-0.15, -0.1) is 0 Å². The number of nitrogens with zero attached hydrogens (tertiary/aromatic N) is 1. The van der Waals surface area contributed by atoms with E-state index >= 15 is 0 Å². The van der Waals surface area contributed by atoms with Crippen molar-refractivity contribution < 1.29 is 14.0 Å². The third-order valence-corrected chi connectivity index (χ3v) is 6.51. The first-order chi connectivity index (χ1) is 15.2. The predicted octanol–water partition coefficient (Wildman–Crippen LogP) is 6.74. The van der Waals surface area contributed by atoms with Gasteiger partial charge in [-0.3, -0.25) is 9.59 Å². The van der Waals surface area contributed by atoms with Crippen LogP contribution in [0.4, 0.5) is 15.8 Å². The molecule has 0 radical (unpaired) electrons. The second-order valence-electron chi connectivity index (χ2n) is 7.25. The molecule has 0 saturated carbocycles. The van der Waals surface area contributed by atoms with E-state index in [1.807, 2.05) is 32.0 Å². The Balaban J connectivity index is 1.77. The number of carbonyl (C=O) groups is 2. The number of thioether (sulfide) groups is 1. The smallest absolute Gasteiger partial charge is 0.283 e.